The normalized spacial score (nSPS) is 14.1. The number of thiazole rings is 1. The predicted octanol–water partition coefficient (Wildman–Crippen LogP) is 3.22. The van der Waals surface area contributed by atoms with Gasteiger partial charge < -0.3 is 10.2 Å². The summed E-state index contributed by atoms with van der Waals surface area (Å²) in [5.41, 5.74) is 2.60. The van der Waals surface area contributed by atoms with Gasteiger partial charge in [0.1, 0.15) is 10.7 Å². The Morgan fingerprint density at radius 1 is 1.18 bits per heavy atom. The summed E-state index contributed by atoms with van der Waals surface area (Å²) in [6.07, 6.45) is 6.83. The molecule has 144 valence electrons. The highest BCUT2D eigenvalue weighted by molar-refractivity contribution is 7.09. The van der Waals surface area contributed by atoms with Crippen LogP contribution in [0.25, 0.3) is 11.4 Å². The van der Waals surface area contributed by atoms with Gasteiger partial charge >= 0.3 is 0 Å². The molecule has 0 spiro atoms. The summed E-state index contributed by atoms with van der Waals surface area (Å²) in [5.74, 6) is 0.436. The van der Waals surface area contributed by atoms with E-state index < -0.39 is 0 Å². The number of amides is 1. The molecule has 8 heteroatoms. The average Bonchev–Trinajstić information content (AvgIpc) is 3.18. The second-order valence-electron chi connectivity index (χ2n) is 6.76. The Labute approximate surface area is 167 Å². The number of pyridine rings is 1. The van der Waals surface area contributed by atoms with Crippen LogP contribution in [0.2, 0.25) is 0 Å². The molecule has 0 aromatic carbocycles. The van der Waals surface area contributed by atoms with Crippen molar-refractivity contribution in [3.8, 4) is 11.4 Å². The van der Waals surface area contributed by atoms with Gasteiger partial charge in [-0.05, 0) is 38.3 Å². The second-order valence-corrected chi connectivity index (χ2v) is 7.70. The van der Waals surface area contributed by atoms with Gasteiger partial charge in [0.2, 0.25) is 5.95 Å². The zero-order valence-corrected chi connectivity index (χ0v) is 16.6. The van der Waals surface area contributed by atoms with Crippen LogP contribution in [0.1, 0.15) is 40.3 Å². The van der Waals surface area contributed by atoms with Crippen LogP contribution in [-0.4, -0.2) is 38.9 Å². The number of hydrogen-bond acceptors (Lipinski definition) is 7. The molecule has 1 saturated heterocycles. The summed E-state index contributed by atoms with van der Waals surface area (Å²) in [4.78, 5) is 33.0. The van der Waals surface area contributed by atoms with Crippen LogP contribution in [-0.2, 0) is 6.54 Å². The number of nitrogens with one attached hydrogen (secondary N) is 1. The monoisotopic (exact) mass is 394 g/mol. The first-order valence-electron chi connectivity index (χ1n) is 9.43. The largest absolute Gasteiger partial charge is 0.345 e. The van der Waals surface area contributed by atoms with E-state index in [1.807, 2.05) is 30.5 Å². The third-order valence-electron chi connectivity index (χ3n) is 4.63. The topological polar surface area (TPSA) is 83.9 Å². The maximum atomic E-state index is 12.9. The molecule has 0 unspecified atom stereocenters. The lowest BCUT2D eigenvalue weighted by Crippen LogP contribution is -2.31. The van der Waals surface area contributed by atoms with Crippen molar-refractivity contribution in [3.63, 3.8) is 0 Å². The number of anilines is 1. The minimum absolute atomic E-state index is 0.223. The number of carbonyl (C=O) groups excluding carboxylic acids is 1. The Kier molecular flexibility index (Phi) is 5.57. The van der Waals surface area contributed by atoms with Crippen LogP contribution < -0.4 is 10.2 Å². The van der Waals surface area contributed by atoms with Gasteiger partial charge in [-0.15, -0.1) is 11.3 Å². The molecule has 7 nitrogen and oxygen atoms in total. The Morgan fingerprint density at radius 2 is 2.04 bits per heavy atom. The summed E-state index contributed by atoms with van der Waals surface area (Å²) >= 11 is 1.53. The van der Waals surface area contributed by atoms with E-state index in [-0.39, 0.29) is 5.91 Å². The molecule has 4 heterocycles. The van der Waals surface area contributed by atoms with Crippen molar-refractivity contribution in [1.82, 2.24) is 25.3 Å². The molecular weight excluding hydrogens is 372 g/mol. The zero-order chi connectivity index (χ0) is 19.3. The third-order valence-corrected chi connectivity index (χ3v) is 5.60. The molecule has 1 N–H and O–H groups in total. The van der Waals surface area contributed by atoms with Crippen molar-refractivity contribution in [2.24, 2.45) is 0 Å². The third kappa shape index (κ3) is 4.17. The highest BCUT2D eigenvalue weighted by Crippen LogP contribution is 2.23. The molecule has 1 fully saturated rings. The Bertz CT molecular complexity index is 952. The molecule has 3 aromatic heterocycles. The highest BCUT2D eigenvalue weighted by Gasteiger charge is 2.20. The average molecular weight is 395 g/mol. The van der Waals surface area contributed by atoms with E-state index in [9.17, 15) is 4.79 Å². The van der Waals surface area contributed by atoms with E-state index in [1.54, 1.807) is 12.4 Å². The zero-order valence-electron chi connectivity index (χ0n) is 15.8. The van der Waals surface area contributed by atoms with E-state index in [4.69, 9.17) is 4.98 Å². The number of carbonyl (C=O) groups is 1. The number of nitrogens with zero attached hydrogens (tertiary/aromatic N) is 5. The van der Waals surface area contributed by atoms with E-state index in [0.717, 1.165) is 36.6 Å². The molecule has 1 aliphatic rings. The number of aryl methyl sites for hydroxylation is 1. The van der Waals surface area contributed by atoms with Gasteiger partial charge in [0.25, 0.3) is 5.91 Å². The smallest absolute Gasteiger partial charge is 0.255 e. The van der Waals surface area contributed by atoms with Crippen molar-refractivity contribution in [1.29, 1.82) is 0 Å². The number of aromatic nitrogens is 4. The lowest BCUT2D eigenvalue weighted by Gasteiger charge is -2.27. The minimum Gasteiger partial charge on any atom is -0.345 e. The van der Waals surface area contributed by atoms with Crippen LogP contribution in [0.4, 0.5) is 5.95 Å². The molecule has 4 rings (SSSR count). The molecule has 0 aliphatic carbocycles. The van der Waals surface area contributed by atoms with E-state index in [0.29, 0.717) is 29.4 Å². The Morgan fingerprint density at radius 3 is 2.75 bits per heavy atom. The molecule has 0 radical (unpaired) electrons. The summed E-state index contributed by atoms with van der Waals surface area (Å²) in [6.45, 7) is 4.20. The fraction of sp³-hybridized carbons (Fsp3) is 0.350. The molecule has 0 bridgehead atoms. The van der Waals surface area contributed by atoms with Crippen molar-refractivity contribution >= 4 is 23.2 Å². The summed E-state index contributed by atoms with van der Waals surface area (Å²) in [5, 5.41) is 5.77. The maximum Gasteiger partial charge on any atom is 0.255 e. The number of piperidine rings is 1. The minimum atomic E-state index is -0.223. The van der Waals surface area contributed by atoms with Gasteiger partial charge in [-0.2, -0.15) is 0 Å². The second kappa shape index (κ2) is 8.43. The summed E-state index contributed by atoms with van der Waals surface area (Å²) < 4.78 is 0. The first-order chi connectivity index (χ1) is 13.7. The summed E-state index contributed by atoms with van der Waals surface area (Å²) in [7, 11) is 0. The van der Waals surface area contributed by atoms with E-state index >= 15 is 0 Å². The van der Waals surface area contributed by atoms with Crippen molar-refractivity contribution in [2.75, 3.05) is 18.0 Å². The van der Waals surface area contributed by atoms with Gasteiger partial charge in [0.15, 0.2) is 0 Å². The quantitative estimate of drug-likeness (QED) is 0.715. The first-order valence-corrected chi connectivity index (χ1v) is 10.3. The lowest BCUT2D eigenvalue weighted by atomic mass is 10.1. The van der Waals surface area contributed by atoms with Crippen LogP contribution in [0.15, 0.2) is 36.0 Å². The van der Waals surface area contributed by atoms with E-state index in [2.05, 4.69) is 25.2 Å². The molecule has 0 atom stereocenters. The standard InChI is InChI=1S/C20H22N6OS/c1-14-13-28-17(24-14)12-22-19(27)15-11-23-20(26-9-5-2-6-10-26)25-18(15)16-7-3-4-8-21-16/h3-4,7-8,11,13H,2,5-6,9-10,12H2,1H3,(H,22,27). The van der Waals surface area contributed by atoms with Crippen LogP contribution in [0.3, 0.4) is 0 Å². The molecule has 28 heavy (non-hydrogen) atoms. The molecule has 1 amide bonds. The Hall–Kier alpha value is -2.87. The van der Waals surface area contributed by atoms with Gasteiger partial charge in [-0.25, -0.2) is 15.0 Å². The van der Waals surface area contributed by atoms with Crippen molar-refractivity contribution in [2.45, 2.75) is 32.7 Å². The summed E-state index contributed by atoms with van der Waals surface area (Å²) in [6, 6.07) is 5.61. The number of hydrogen-bond donors (Lipinski definition) is 1. The predicted molar refractivity (Wildman–Crippen MR) is 109 cm³/mol. The van der Waals surface area contributed by atoms with Gasteiger partial charge in [-0.3, -0.25) is 9.78 Å². The van der Waals surface area contributed by atoms with Crippen molar-refractivity contribution < 1.29 is 4.79 Å². The fourth-order valence-corrected chi connectivity index (χ4v) is 3.93. The van der Waals surface area contributed by atoms with Gasteiger partial charge in [-0.1, -0.05) is 6.07 Å². The van der Waals surface area contributed by atoms with Crippen molar-refractivity contribution in [3.05, 3.63) is 52.2 Å². The number of rotatable bonds is 5. The highest BCUT2D eigenvalue weighted by atomic mass is 32.1. The lowest BCUT2D eigenvalue weighted by molar-refractivity contribution is 0.0951. The maximum absolute atomic E-state index is 12.9. The molecule has 0 saturated carbocycles. The Balaban J connectivity index is 1.62. The first kappa shape index (κ1) is 18.5. The van der Waals surface area contributed by atoms with Crippen LogP contribution in [0, 0.1) is 6.92 Å². The van der Waals surface area contributed by atoms with Crippen LogP contribution in [0.5, 0.6) is 0 Å². The van der Waals surface area contributed by atoms with Crippen LogP contribution >= 0.6 is 11.3 Å². The molecule has 1 aliphatic heterocycles. The molecular formula is C20H22N6OS. The molecule has 3 aromatic rings. The SMILES string of the molecule is Cc1csc(CNC(=O)c2cnc(N3CCCCC3)nc2-c2ccccn2)n1. The fourth-order valence-electron chi connectivity index (χ4n) is 3.22. The van der Waals surface area contributed by atoms with Gasteiger partial charge in [0, 0.05) is 36.6 Å². The van der Waals surface area contributed by atoms with E-state index in [1.165, 1.54) is 17.8 Å². The van der Waals surface area contributed by atoms with Gasteiger partial charge in [0.05, 0.1) is 17.8 Å².